The highest BCUT2D eigenvalue weighted by molar-refractivity contribution is 5.79. The highest BCUT2D eigenvalue weighted by Crippen LogP contribution is 2.43. The Morgan fingerprint density at radius 3 is 2.45 bits per heavy atom. The van der Waals surface area contributed by atoms with Crippen LogP contribution in [0.2, 0.25) is 0 Å². The molecule has 0 saturated heterocycles. The van der Waals surface area contributed by atoms with Crippen LogP contribution in [-0.4, -0.2) is 22.9 Å². The summed E-state index contributed by atoms with van der Waals surface area (Å²) in [6, 6.07) is 7.83. The fourth-order valence-electron chi connectivity index (χ4n) is 3.18. The van der Waals surface area contributed by atoms with Gasteiger partial charge >= 0.3 is 0 Å². The van der Waals surface area contributed by atoms with Crippen LogP contribution in [-0.2, 0) is 5.92 Å². The Hall–Kier alpha value is -3.34. The van der Waals surface area contributed by atoms with E-state index in [1.807, 2.05) is 0 Å². The van der Waals surface area contributed by atoms with Gasteiger partial charge in [0.1, 0.15) is 23.7 Å². The average Bonchev–Trinajstić information content (AvgIpc) is 2.71. The third kappa shape index (κ3) is 4.71. The number of hydrazine groups is 1. The van der Waals surface area contributed by atoms with Gasteiger partial charge in [-0.1, -0.05) is 18.2 Å². The van der Waals surface area contributed by atoms with E-state index in [1.165, 1.54) is 12.1 Å². The molecule has 0 spiro atoms. The van der Waals surface area contributed by atoms with Crippen molar-refractivity contribution in [3.05, 3.63) is 77.0 Å². The van der Waals surface area contributed by atoms with Gasteiger partial charge in [0.15, 0.2) is 0 Å². The minimum Gasteiger partial charge on any atom is -0.322 e. The first-order chi connectivity index (χ1) is 14.6. The minimum atomic E-state index is -3.78. The van der Waals surface area contributed by atoms with Crippen molar-refractivity contribution in [2.75, 3.05) is 6.54 Å². The highest BCUT2D eigenvalue weighted by Gasteiger charge is 2.45. The van der Waals surface area contributed by atoms with Crippen LogP contribution in [0.15, 0.2) is 53.6 Å². The molecule has 3 rings (SSSR count). The summed E-state index contributed by atoms with van der Waals surface area (Å²) in [6.07, 6.45) is -1.86. The first kappa shape index (κ1) is 22.3. The van der Waals surface area contributed by atoms with Crippen molar-refractivity contribution in [3.8, 4) is 0 Å². The Labute approximate surface area is 172 Å². The number of hydrazone groups is 1. The number of alkyl halides is 4. The molecule has 0 aliphatic rings. The molecule has 0 aliphatic heterocycles. The molecule has 0 amide bonds. The van der Waals surface area contributed by atoms with E-state index < -0.39 is 47.7 Å². The van der Waals surface area contributed by atoms with Crippen molar-refractivity contribution in [2.24, 2.45) is 16.8 Å². The van der Waals surface area contributed by atoms with Gasteiger partial charge in [0.05, 0.1) is 11.4 Å². The maximum absolute atomic E-state index is 15.5. The van der Waals surface area contributed by atoms with Gasteiger partial charge in [-0.3, -0.25) is 5.01 Å². The van der Waals surface area contributed by atoms with E-state index in [9.17, 15) is 17.6 Å². The summed E-state index contributed by atoms with van der Waals surface area (Å²) >= 11 is 0. The summed E-state index contributed by atoms with van der Waals surface area (Å²) in [7, 11) is 0. The number of aromatic nitrogens is 1. The Morgan fingerprint density at radius 1 is 1.06 bits per heavy atom. The van der Waals surface area contributed by atoms with Crippen LogP contribution in [0.5, 0.6) is 0 Å². The van der Waals surface area contributed by atoms with Crippen LogP contribution in [0.3, 0.4) is 0 Å². The molecule has 1 atom stereocenters. The van der Waals surface area contributed by atoms with Gasteiger partial charge in [0, 0.05) is 23.6 Å². The minimum absolute atomic E-state index is 0.0491. The van der Waals surface area contributed by atoms with Crippen molar-refractivity contribution < 1.29 is 26.3 Å². The lowest BCUT2D eigenvalue weighted by molar-refractivity contribution is -0.0440. The van der Waals surface area contributed by atoms with Crippen molar-refractivity contribution >= 4 is 17.2 Å². The van der Waals surface area contributed by atoms with E-state index in [0.717, 1.165) is 41.7 Å². The number of benzene rings is 2. The van der Waals surface area contributed by atoms with Gasteiger partial charge in [-0.15, -0.1) is 0 Å². The van der Waals surface area contributed by atoms with E-state index in [-0.39, 0.29) is 16.5 Å². The number of hydrogen-bond donors (Lipinski definition) is 2. The van der Waals surface area contributed by atoms with E-state index in [0.29, 0.717) is 6.07 Å². The topological polar surface area (TPSA) is 80.5 Å². The highest BCUT2D eigenvalue weighted by atomic mass is 19.3. The Morgan fingerprint density at radius 2 is 1.81 bits per heavy atom. The molecule has 1 unspecified atom stereocenters. The predicted octanol–water partition coefficient (Wildman–Crippen LogP) is 4.40. The molecule has 164 valence electrons. The first-order valence-electron chi connectivity index (χ1n) is 8.90. The number of fused-ring (bicyclic) bond motifs is 1. The number of hydrogen-bond acceptors (Lipinski definition) is 4. The third-order valence-corrected chi connectivity index (χ3v) is 4.69. The van der Waals surface area contributed by atoms with Crippen LogP contribution in [0.25, 0.3) is 10.9 Å². The number of pyridine rings is 1. The fourth-order valence-corrected chi connectivity index (χ4v) is 3.18. The molecule has 2 aromatic carbocycles. The van der Waals surface area contributed by atoms with Crippen molar-refractivity contribution in [1.82, 2.24) is 9.99 Å². The SMILES string of the molecule is N/N=C\N(N)CC(c1ccc(F)cc1F)C(F)(F)c1ccc2cc(C(F)F)ccc2n1. The lowest BCUT2D eigenvalue weighted by atomic mass is 9.89. The maximum atomic E-state index is 15.5. The maximum Gasteiger partial charge on any atom is 0.298 e. The first-order valence-corrected chi connectivity index (χ1v) is 8.90. The number of halogens is 6. The molecule has 0 fully saturated rings. The number of nitrogens with zero attached hydrogens (tertiary/aromatic N) is 3. The van der Waals surface area contributed by atoms with Crippen LogP contribution in [0.4, 0.5) is 26.3 Å². The van der Waals surface area contributed by atoms with E-state index in [4.69, 9.17) is 11.7 Å². The molecule has 1 heterocycles. The summed E-state index contributed by atoms with van der Waals surface area (Å²) in [5.74, 6) is 2.77. The summed E-state index contributed by atoms with van der Waals surface area (Å²) in [6.45, 7) is -0.639. The Balaban J connectivity index is 2.08. The lowest BCUT2D eigenvalue weighted by Crippen LogP contribution is -2.40. The van der Waals surface area contributed by atoms with Gasteiger partial charge < -0.3 is 5.84 Å². The van der Waals surface area contributed by atoms with Gasteiger partial charge in [0.25, 0.3) is 12.3 Å². The predicted molar refractivity (Wildman–Crippen MR) is 103 cm³/mol. The zero-order valence-corrected chi connectivity index (χ0v) is 15.8. The molecule has 11 heteroatoms. The van der Waals surface area contributed by atoms with E-state index >= 15 is 8.78 Å². The smallest absolute Gasteiger partial charge is 0.298 e. The largest absolute Gasteiger partial charge is 0.322 e. The monoisotopic (exact) mass is 441 g/mol. The molecule has 0 aliphatic carbocycles. The summed E-state index contributed by atoms with van der Waals surface area (Å²) in [4.78, 5) is 3.89. The second-order valence-corrected chi connectivity index (χ2v) is 6.75. The zero-order chi connectivity index (χ0) is 22.8. The van der Waals surface area contributed by atoms with Gasteiger partial charge in [-0.25, -0.2) is 28.4 Å². The van der Waals surface area contributed by atoms with Gasteiger partial charge in [-0.05, 0) is 29.8 Å². The third-order valence-electron chi connectivity index (χ3n) is 4.69. The molecule has 5 nitrogen and oxygen atoms in total. The molecule has 0 radical (unpaired) electrons. The molecule has 0 bridgehead atoms. The van der Waals surface area contributed by atoms with Gasteiger partial charge in [-0.2, -0.15) is 13.9 Å². The van der Waals surface area contributed by atoms with Crippen LogP contribution in [0.1, 0.15) is 29.2 Å². The molecule has 1 aromatic heterocycles. The molecule has 4 N–H and O–H groups in total. The van der Waals surface area contributed by atoms with E-state index in [1.54, 1.807) is 0 Å². The molecule has 3 aromatic rings. The normalized spacial score (nSPS) is 13.3. The second-order valence-electron chi connectivity index (χ2n) is 6.75. The van der Waals surface area contributed by atoms with Crippen LogP contribution in [0, 0.1) is 11.6 Å². The number of nitrogens with two attached hydrogens (primary N) is 2. The molecular weight excluding hydrogens is 424 g/mol. The van der Waals surface area contributed by atoms with Crippen molar-refractivity contribution in [3.63, 3.8) is 0 Å². The van der Waals surface area contributed by atoms with Crippen LogP contribution < -0.4 is 11.7 Å². The van der Waals surface area contributed by atoms with E-state index in [2.05, 4.69) is 10.1 Å². The molecular formula is C20H17F6N5. The summed E-state index contributed by atoms with van der Waals surface area (Å²) < 4.78 is 84.5. The lowest BCUT2D eigenvalue weighted by Gasteiger charge is -2.30. The standard InChI is InChI=1S/C20H17F6N5/c21-13-3-4-14(16(22)8-13)15(9-31(28)10-29-27)20(25,26)18-6-2-11-7-12(19(23)24)1-5-17(11)30-18/h1-8,10,15,19H,9,27-28H2/b29-10-. The zero-order valence-electron chi connectivity index (χ0n) is 15.8. The summed E-state index contributed by atoms with van der Waals surface area (Å²) in [5, 5.41) is 4.10. The second kappa shape index (κ2) is 8.80. The fraction of sp³-hybridized carbons (Fsp3) is 0.200. The Kier molecular flexibility index (Phi) is 6.34. The molecule has 0 saturated carbocycles. The van der Waals surface area contributed by atoms with Gasteiger partial charge in [0.2, 0.25) is 0 Å². The molecule has 31 heavy (non-hydrogen) atoms. The van der Waals surface area contributed by atoms with Crippen molar-refractivity contribution in [2.45, 2.75) is 18.3 Å². The van der Waals surface area contributed by atoms with Crippen molar-refractivity contribution in [1.29, 1.82) is 0 Å². The number of rotatable bonds is 7. The summed E-state index contributed by atoms with van der Waals surface area (Å²) in [5.41, 5.74) is -1.47. The average molecular weight is 441 g/mol. The Bertz CT molecular complexity index is 1100. The van der Waals surface area contributed by atoms with Crippen LogP contribution >= 0.6 is 0 Å². The quantitative estimate of drug-likeness (QED) is 0.187.